The molecule has 0 aliphatic carbocycles. The van der Waals surface area contributed by atoms with Gasteiger partial charge in [-0.05, 0) is 44.4 Å². The van der Waals surface area contributed by atoms with Crippen LogP contribution in [-0.4, -0.2) is 91.6 Å². The van der Waals surface area contributed by atoms with Crippen molar-refractivity contribution in [3.05, 3.63) is 29.8 Å². The summed E-state index contributed by atoms with van der Waals surface area (Å²) in [5.41, 5.74) is 1.74. The number of hydrogen-bond donors (Lipinski definition) is 2. The van der Waals surface area contributed by atoms with E-state index < -0.39 is 6.09 Å². The van der Waals surface area contributed by atoms with Crippen molar-refractivity contribution in [2.24, 2.45) is 4.99 Å². The fourth-order valence-corrected chi connectivity index (χ4v) is 4.13. The minimum atomic E-state index is -0.485. The van der Waals surface area contributed by atoms with Crippen LogP contribution in [0.15, 0.2) is 29.3 Å². The Morgan fingerprint density at radius 1 is 1.03 bits per heavy atom. The van der Waals surface area contributed by atoms with E-state index in [1.807, 2.05) is 36.1 Å². The Morgan fingerprint density at radius 2 is 1.69 bits per heavy atom. The summed E-state index contributed by atoms with van der Waals surface area (Å²) in [4.78, 5) is 35.4. The predicted molar refractivity (Wildman–Crippen MR) is 126 cm³/mol. The number of amides is 2. The third kappa shape index (κ3) is 6.35. The molecule has 176 valence electrons. The summed E-state index contributed by atoms with van der Waals surface area (Å²) in [7, 11) is 1.34. The molecule has 2 amide bonds. The molecular formula is C23H36N6O3. The highest BCUT2D eigenvalue weighted by Crippen LogP contribution is 2.15. The first-order chi connectivity index (χ1) is 15.5. The zero-order chi connectivity index (χ0) is 22.9. The summed E-state index contributed by atoms with van der Waals surface area (Å²) in [5.74, 6) is 1.16. The van der Waals surface area contributed by atoms with E-state index in [1.165, 1.54) is 7.11 Å². The lowest BCUT2D eigenvalue weighted by Gasteiger charge is -2.39. The molecule has 0 saturated carbocycles. The van der Waals surface area contributed by atoms with E-state index in [4.69, 9.17) is 4.99 Å². The van der Waals surface area contributed by atoms with Gasteiger partial charge in [0.05, 0.1) is 19.7 Å². The van der Waals surface area contributed by atoms with Crippen molar-refractivity contribution in [3.8, 4) is 0 Å². The highest BCUT2D eigenvalue weighted by atomic mass is 16.5. The van der Waals surface area contributed by atoms with Gasteiger partial charge in [0.25, 0.3) is 0 Å². The average molecular weight is 445 g/mol. The van der Waals surface area contributed by atoms with Crippen molar-refractivity contribution in [2.75, 3.05) is 58.2 Å². The Labute approximate surface area is 190 Å². The average Bonchev–Trinajstić information content (AvgIpc) is 3.37. The molecule has 0 spiro atoms. The highest BCUT2D eigenvalue weighted by molar-refractivity contribution is 5.84. The van der Waals surface area contributed by atoms with Crippen LogP contribution in [0.5, 0.6) is 0 Å². The van der Waals surface area contributed by atoms with Crippen molar-refractivity contribution in [1.82, 2.24) is 20.0 Å². The third-order valence-corrected chi connectivity index (χ3v) is 6.07. The monoisotopic (exact) mass is 444 g/mol. The maximum absolute atomic E-state index is 12.7. The van der Waals surface area contributed by atoms with E-state index in [9.17, 15) is 9.59 Å². The highest BCUT2D eigenvalue weighted by Gasteiger charge is 2.30. The van der Waals surface area contributed by atoms with Crippen LogP contribution < -0.4 is 10.6 Å². The van der Waals surface area contributed by atoms with Crippen LogP contribution in [0.2, 0.25) is 0 Å². The maximum Gasteiger partial charge on any atom is 0.411 e. The van der Waals surface area contributed by atoms with Crippen LogP contribution in [0.4, 0.5) is 10.5 Å². The molecule has 1 aromatic rings. The lowest BCUT2D eigenvalue weighted by molar-refractivity contribution is -0.135. The van der Waals surface area contributed by atoms with Crippen LogP contribution in [0.3, 0.4) is 0 Å². The second kappa shape index (κ2) is 11.7. The van der Waals surface area contributed by atoms with E-state index in [2.05, 4.69) is 32.1 Å². The minimum absolute atomic E-state index is 0.0631. The Kier molecular flexibility index (Phi) is 8.72. The number of nitrogens with zero attached hydrogens (tertiary/aromatic N) is 4. The Balaban J connectivity index is 1.53. The van der Waals surface area contributed by atoms with Gasteiger partial charge in [-0.2, -0.15) is 0 Å². The summed E-state index contributed by atoms with van der Waals surface area (Å²) < 4.78 is 4.61. The number of nitrogens with one attached hydrogen (secondary N) is 2. The van der Waals surface area contributed by atoms with Crippen LogP contribution >= 0.6 is 0 Å². The third-order valence-electron chi connectivity index (χ3n) is 6.07. The second-order valence-electron chi connectivity index (χ2n) is 8.22. The molecule has 9 nitrogen and oxygen atoms in total. The number of rotatable bonds is 6. The molecule has 32 heavy (non-hydrogen) atoms. The van der Waals surface area contributed by atoms with Gasteiger partial charge < -0.3 is 19.9 Å². The first-order valence-electron chi connectivity index (χ1n) is 11.5. The summed E-state index contributed by atoms with van der Waals surface area (Å²) in [5, 5.41) is 6.03. The van der Waals surface area contributed by atoms with Crippen LogP contribution in [0.25, 0.3) is 0 Å². The summed E-state index contributed by atoms with van der Waals surface area (Å²) >= 11 is 0. The van der Waals surface area contributed by atoms with Crippen molar-refractivity contribution in [1.29, 1.82) is 0 Å². The van der Waals surface area contributed by atoms with E-state index in [-0.39, 0.29) is 11.9 Å². The molecule has 2 saturated heterocycles. The van der Waals surface area contributed by atoms with Gasteiger partial charge >= 0.3 is 6.09 Å². The number of likely N-dealkylation sites (tertiary alicyclic amines) is 1. The molecule has 3 rings (SSSR count). The summed E-state index contributed by atoms with van der Waals surface area (Å²) in [6.45, 7) is 10.6. The first kappa shape index (κ1) is 23.8. The molecule has 2 aliphatic rings. The van der Waals surface area contributed by atoms with Gasteiger partial charge in [-0.1, -0.05) is 12.1 Å². The lowest BCUT2D eigenvalue weighted by atomic mass is 10.2. The van der Waals surface area contributed by atoms with E-state index in [0.717, 1.165) is 70.2 Å². The number of ether oxygens (including phenoxy) is 1. The van der Waals surface area contributed by atoms with Crippen molar-refractivity contribution in [2.45, 2.75) is 39.3 Å². The smallest absolute Gasteiger partial charge is 0.411 e. The fourth-order valence-electron chi connectivity index (χ4n) is 4.13. The van der Waals surface area contributed by atoms with Gasteiger partial charge in [0, 0.05) is 51.5 Å². The molecule has 0 radical (unpaired) electrons. The van der Waals surface area contributed by atoms with Gasteiger partial charge in [-0.25, -0.2) is 9.79 Å². The largest absolute Gasteiger partial charge is 0.453 e. The van der Waals surface area contributed by atoms with E-state index >= 15 is 0 Å². The number of guanidine groups is 1. The summed E-state index contributed by atoms with van der Waals surface area (Å²) in [6.07, 6.45) is 1.76. The van der Waals surface area contributed by atoms with Crippen molar-refractivity contribution < 1.29 is 14.3 Å². The van der Waals surface area contributed by atoms with Crippen LogP contribution in [-0.2, 0) is 16.1 Å². The number of benzene rings is 1. The molecule has 2 aliphatic heterocycles. The molecular weight excluding hydrogens is 408 g/mol. The topological polar surface area (TPSA) is 89.5 Å². The summed E-state index contributed by atoms with van der Waals surface area (Å²) in [6, 6.07) is 7.51. The van der Waals surface area contributed by atoms with Gasteiger partial charge in [-0.3, -0.25) is 15.0 Å². The number of piperazine rings is 1. The quantitative estimate of drug-likeness (QED) is 0.515. The Bertz CT molecular complexity index is 783. The Hall–Kier alpha value is -2.81. The lowest BCUT2D eigenvalue weighted by Crippen LogP contribution is -2.57. The number of carbonyl (C=O) groups excluding carboxylic acids is 2. The fraction of sp³-hybridized carbons (Fsp3) is 0.609. The first-order valence-corrected chi connectivity index (χ1v) is 11.5. The number of aliphatic imine (C=N–C) groups is 1. The van der Waals surface area contributed by atoms with Gasteiger partial charge in [0.15, 0.2) is 5.96 Å². The predicted octanol–water partition coefficient (Wildman–Crippen LogP) is 1.96. The van der Waals surface area contributed by atoms with Crippen molar-refractivity contribution in [3.63, 3.8) is 0 Å². The SMILES string of the molecule is CCNC(=NCc1ccc(NC(=O)OC)cc1)N1CCN(C(C)C(=O)N2CCCC2)CC1. The molecule has 2 N–H and O–H groups in total. The number of anilines is 1. The normalized spacial score (nSPS) is 18.4. The van der Waals surface area contributed by atoms with Crippen LogP contribution in [0, 0.1) is 0 Å². The van der Waals surface area contributed by atoms with Gasteiger partial charge in [0.1, 0.15) is 0 Å². The molecule has 2 fully saturated rings. The van der Waals surface area contributed by atoms with E-state index in [0.29, 0.717) is 12.2 Å². The number of methoxy groups -OCH3 is 1. The zero-order valence-corrected chi connectivity index (χ0v) is 19.5. The molecule has 1 aromatic carbocycles. The molecule has 1 unspecified atom stereocenters. The molecule has 0 bridgehead atoms. The molecule has 1 atom stereocenters. The zero-order valence-electron chi connectivity index (χ0n) is 19.5. The molecule has 0 aromatic heterocycles. The van der Waals surface area contributed by atoms with Crippen LogP contribution in [0.1, 0.15) is 32.3 Å². The van der Waals surface area contributed by atoms with Crippen molar-refractivity contribution >= 4 is 23.6 Å². The van der Waals surface area contributed by atoms with Gasteiger partial charge in [0.2, 0.25) is 5.91 Å². The standard InChI is InChI=1S/C23H36N6O3/c1-4-24-22(25-17-19-7-9-20(10-8-19)26-23(31)32-3)29-15-13-27(14-16-29)18(2)21(30)28-11-5-6-12-28/h7-10,18H,4-6,11-17H2,1-3H3,(H,24,25)(H,26,31). The molecule has 2 heterocycles. The Morgan fingerprint density at radius 3 is 2.28 bits per heavy atom. The van der Waals surface area contributed by atoms with Gasteiger partial charge in [-0.15, -0.1) is 0 Å². The number of carbonyl (C=O) groups is 2. The minimum Gasteiger partial charge on any atom is -0.453 e. The molecule has 9 heteroatoms. The van der Waals surface area contributed by atoms with E-state index in [1.54, 1.807) is 0 Å². The number of hydrogen-bond acceptors (Lipinski definition) is 5. The maximum atomic E-state index is 12.7. The second-order valence-corrected chi connectivity index (χ2v) is 8.22.